The van der Waals surface area contributed by atoms with Crippen molar-refractivity contribution in [1.29, 1.82) is 0 Å². The van der Waals surface area contributed by atoms with Gasteiger partial charge in [-0.05, 0) is 58.3 Å². The van der Waals surface area contributed by atoms with Crippen LogP contribution in [-0.4, -0.2) is 68.2 Å². The van der Waals surface area contributed by atoms with Crippen LogP contribution in [-0.2, 0) is 10.0 Å². The van der Waals surface area contributed by atoms with Crippen LogP contribution in [0.3, 0.4) is 0 Å². The Morgan fingerprint density at radius 2 is 1.63 bits per heavy atom. The van der Waals surface area contributed by atoms with Crippen molar-refractivity contribution < 1.29 is 8.42 Å². The molecule has 0 aromatic rings. The highest BCUT2D eigenvalue weighted by Gasteiger charge is 2.39. The number of hydrogen-bond donors (Lipinski definition) is 1. The van der Waals surface area contributed by atoms with Crippen LogP contribution in [0.4, 0.5) is 0 Å². The lowest BCUT2D eigenvalue weighted by atomic mass is 10.2. The van der Waals surface area contributed by atoms with E-state index in [1.165, 1.54) is 12.8 Å². The van der Waals surface area contributed by atoms with Gasteiger partial charge < -0.3 is 5.32 Å². The highest BCUT2D eigenvalue weighted by molar-refractivity contribution is 7.89. The molecule has 19 heavy (non-hydrogen) atoms. The average Bonchev–Trinajstić information content (AvgIpc) is 3.10. The summed E-state index contributed by atoms with van der Waals surface area (Å²) in [4.78, 5) is 2.48. The Kier molecular flexibility index (Phi) is 4.12. The summed E-state index contributed by atoms with van der Waals surface area (Å²) >= 11 is 0. The van der Waals surface area contributed by atoms with Gasteiger partial charge in [-0.25, -0.2) is 12.7 Å². The Hall–Kier alpha value is -0.170. The molecule has 5 nitrogen and oxygen atoms in total. The lowest BCUT2D eigenvalue weighted by molar-refractivity contribution is 0.250. The van der Waals surface area contributed by atoms with Crippen LogP contribution in [0.1, 0.15) is 32.1 Å². The molecule has 0 radical (unpaired) electrons. The molecule has 3 saturated heterocycles. The van der Waals surface area contributed by atoms with E-state index < -0.39 is 10.0 Å². The number of sulfonamides is 1. The van der Waals surface area contributed by atoms with E-state index in [1.807, 2.05) is 0 Å². The van der Waals surface area contributed by atoms with E-state index in [4.69, 9.17) is 0 Å². The SMILES string of the molecule is O=S(=O)(C1CCNCC1)N1CCC(N2CCCC2)C1. The van der Waals surface area contributed by atoms with E-state index in [0.717, 1.165) is 58.5 Å². The largest absolute Gasteiger partial charge is 0.317 e. The molecule has 0 saturated carbocycles. The minimum absolute atomic E-state index is 0.147. The maximum atomic E-state index is 12.6. The summed E-state index contributed by atoms with van der Waals surface area (Å²) in [7, 11) is -3.06. The highest BCUT2D eigenvalue weighted by Crippen LogP contribution is 2.26. The summed E-state index contributed by atoms with van der Waals surface area (Å²) in [6.45, 7) is 5.46. The lowest BCUT2D eigenvalue weighted by Crippen LogP contribution is -2.44. The Balaban J connectivity index is 1.62. The second-order valence-corrected chi connectivity index (χ2v) is 8.25. The summed E-state index contributed by atoms with van der Waals surface area (Å²) in [5.74, 6) is 0. The third-order valence-electron chi connectivity index (χ3n) is 4.85. The van der Waals surface area contributed by atoms with E-state index >= 15 is 0 Å². The first kappa shape index (κ1) is 13.8. The highest BCUT2D eigenvalue weighted by atomic mass is 32.2. The third kappa shape index (κ3) is 2.82. The van der Waals surface area contributed by atoms with E-state index in [1.54, 1.807) is 4.31 Å². The zero-order chi connectivity index (χ0) is 13.3. The van der Waals surface area contributed by atoms with Crippen molar-refractivity contribution in [3.8, 4) is 0 Å². The van der Waals surface area contributed by atoms with Gasteiger partial charge in [0.2, 0.25) is 10.0 Å². The fraction of sp³-hybridized carbons (Fsp3) is 1.00. The molecule has 0 aromatic heterocycles. The molecule has 0 aliphatic carbocycles. The quantitative estimate of drug-likeness (QED) is 0.808. The molecule has 1 unspecified atom stereocenters. The molecule has 6 heteroatoms. The minimum atomic E-state index is -3.06. The van der Waals surface area contributed by atoms with Crippen LogP contribution in [0.5, 0.6) is 0 Å². The van der Waals surface area contributed by atoms with Crippen LogP contribution in [0.15, 0.2) is 0 Å². The monoisotopic (exact) mass is 287 g/mol. The zero-order valence-corrected chi connectivity index (χ0v) is 12.4. The minimum Gasteiger partial charge on any atom is -0.317 e. The molecule has 110 valence electrons. The van der Waals surface area contributed by atoms with Crippen LogP contribution in [0.25, 0.3) is 0 Å². The van der Waals surface area contributed by atoms with Crippen LogP contribution in [0.2, 0.25) is 0 Å². The van der Waals surface area contributed by atoms with Crippen molar-refractivity contribution >= 4 is 10.0 Å². The standard InChI is InChI=1S/C13H25N3O2S/c17-19(18,13-3-6-14-7-4-13)16-10-5-12(11-16)15-8-1-2-9-15/h12-14H,1-11H2. The van der Waals surface area contributed by atoms with Crippen LogP contribution >= 0.6 is 0 Å². The van der Waals surface area contributed by atoms with Gasteiger partial charge in [-0.3, -0.25) is 4.90 Å². The molecule has 0 spiro atoms. The van der Waals surface area contributed by atoms with Gasteiger partial charge in [-0.2, -0.15) is 0 Å². The molecule has 1 N–H and O–H groups in total. The molecule has 3 rings (SSSR count). The van der Waals surface area contributed by atoms with Crippen molar-refractivity contribution in [3.63, 3.8) is 0 Å². The summed E-state index contributed by atoms with van der Waals surface area (Å²) in [6, 6.07) is 0.471. The van der Waals surface area contributed by atoms with Crippen molar-refractivity contribution in [1.82, 2.24) is 14.5 Å². The predicted octanol–water partition coefficient (Wildman–Crippen LogP) is 0.238. The van der Waals surface area contributed by atoms with Gasteiger partial charge in [0.15, 0.2) is 0 Å². The number of nitrogens with one attached hydrogen (secondary N) is 1. The van der Waals surface area contributed by atoms with Gasteiger partial charge in [0.25, 0.3) is 0 Å². The topological polar surface area (TPSA) is 52.7 Å². The normalized spacial score (nSPS) is 32.1. The fourth-order valence-electron chi connectivity index (χ4n) is 3.65. The smallest absolute Gasteiger partial charge is 0.217 e. The predicted molar refractivity (Wildman–Crippen MR) is 75.6 cm³/mol. The van der Waals surface area contributed by atoms with Gasteiger partial charge in [-0.1, -0.05) is 0 Å². The molecule has 0 bridgehead atoms. The van der Waals surface area contributed by atoms with E-state index in [2.05, 4.69) is 10.2 Å². The third-order valence-corrected chi connectivity index (χ3v) is 7.22. The Morgan fingerprint density at radius 1 is 0.947 bits per heavy atom. The molecule has 3 aliphatic heterocycles. The van der Waals surface area contributed by atoms with Gasteiger partial charge in [0, 0.05) is 19.1 Å². The summed E-state index contributed by atoms with van der Waals surface area (Å²) in [5.41, 5.74) is 0. The maximum absolute atomic E-state index is 12.6. The number of rotatable bonds is 3. The van der Waals surface area contributed by atoms with Crippen molar-refractivity contribution in [2.75, 3.05) is 39.3 Å². The molecule has 3 aliphatic rings. The summed E-state index contributed by atoms with van der Waals surface area (Å²) < 4.78 is 27.0. The first-order chi connectivity index (χ1) is 9.18. The van der Waals surface area contributed by atoms with Crippen molar-refractivity contribution in [3.05, 3.63) is 0 Å². The molecule has 3 heterocycles. The molecule has 0 amide bonds. The summed E-state index contributed by atoms with van der Waals surface area (Å²) in [6.07, 6.45) is 5.11. The maximum Gasteiger partial charge on any atom is 0.217 e. The second-order valence-electron chi connectivity index (χ2n) is 6.04. The molecule has 3 fully saturated rings. The molecular formula is C13H25N3O2S. The molecule has 1 atom stereocenters. The van der Waals surface area contributed by atoms with E-state index in [-0.39, 0.29) is 5.25 Å². The first-order valence-corrected chi connectivity index (χ1v) is 9.12. The Bertz CT molecular complexity index is 400. The van der Waals surface area contributed by atoms with Gasteiger partial charge in [0.1, 0.15) is 0 Å². The fourth-order valence-corrected chi connectivity index (χ4v) is 5.64. The Morgan fingerprint density at radius 3 is 2.32 bits per heavy atom. The molecular weight excluding hydrogens is 262 g/mol. The Labute approximate surface area is 116 Å². The van der Waals surface area contributed by atoms with Crippen LogP contribution in [0, 0.1) is 0 Å². The van der Waals surface area contributed by atoms with Gasteiger partial charge in [-0.15, -0.1) is 0 Å². The van der Waals surface area contributed by atoms with E-state index in [9.17, 15) is 8.42 Å². The van der Waals surface area contributed by atoms with Gasteiger partial charge in [0.05, 0.1) is 5.25 Å². The number of nitrogens with zero attached hydrogens (tertiary/aromatic N) is 2. The number of hydrogen-bond acceptors (Lipinski definition) is 4. The van der Waals surface area contributed by atoms with Crippen molar-refractivity contribution in [2.45, 2.75) is 43.4 Å². The summed E-state index contributed by atoms with van der Waals surface area (Å²) in [5, 5.41) is 3.09. The second kappa shape index (κ2) is 5.68. The molecule has 0 aromatic carbocycles. The number of piperidine rings is 1. The average molecular weight is 287 g/mol. The van der Waals surface area contributed by atoms with Gasteiger partial charge >= 0.3 is 0 Å². The first-order valence-electron chi connectivity index (χ1n) is 7.61. The van der Waals surface area contributed by atoms with E-state index in [0.29, 0.717) is 6.04 Å². The zero-order valence-electron chi connectivity index (χ0n) is 11.6. The van der Waals surface area contributed by atoms with Crippen molar-refractivity contribution in [2.24, 2.45) is 0 Å². The van der Waals surface area contributed by atoms with Crippen LogP contribution < -0.4 is 5.32 Å². The number of likely N-dealkylation sites (tertiary alicyclic amines) is 1. The lowest BCUT2D eigenvalue weighted by Gasteiger charge is -2.28.